The summed E-state index contributed by atoms with van der Waals surface area (Å²) in [7, 11) is 0. The van der Waals surface area contributed by atoms with Gasteiger partial charge >= 0.3 is 0 Å². The molecule has 0 bridgehead atoms. The molecule has 1 aliphatic carbocycles. The fourth-order valence-corrected chi connectivity index (χ4v) is 4.02. The highest BCUT2D eigenvalue weighted by Gasteiger charge is 2.36. The molecule has 33 heavy (non-hydrogen) atoms. The Morgan fingerprint density at radius 3 is 2.61 bits per heavy atom. The number of pyridine rings is 1. The number of carbonyl (C=O) groups is 1. The number of alkyl halides is 1. The van der Waals surface area contributed by atoms with Gasteiger partial charge in [-0.2, -0.15) is 0 Å². The molecule has 1 saturated carbocycles. The van der Waals surface area contributed by atoms with E-state index in [4.69, 9.17) is 0 Å². The Kier molecular flexibility index (Phi) is 5.58. The van der Waals surface area contributed by atoms with Crippen LogP contribution in [0.5, 0.6) is 0 Å². The van der Waals surface area contributed by atoms with Gasteiger partial charge in [-0.25, -0.2) is 9.37 Å². The predicted molar refractivity (Wildman–Crippen MR) is 128 cm³/mol. The molecule has 0 atom stereocenters. The maximum absolute atomic E-state index is 14.3. The number of fused-ring (bicyclic) bond motifs is 1. The van der Waals surface area contributed by atoms with Gasteiger partial charge in [0.1, 0.15) is 11.5 Å². The van der Waals surface area contributed by atoms with Crippen molar-refractivity contribution in [2.24, 2.45) is 0 Å². The Balaban J connectivity index is 1.36. The number of aryl methyl sites for hydroxylation is 1. The Morgan fingerprint density at radius 1 is 1.03 bits per heavy atom. The van der Waals surface area contributed by atoms with Gasteiger partial charge in [0.2, 0.25) is 0 Å². The molecule has 0 radical (unpaired) electrons. The number of hydrogen-bond acceptors (Lipinski definition) is 5. The van der Waals surface area contributed by atoms with Crippen molar-refractivity contribution in [1.29, 1.82) is 0 Å². The number of halogens is 1. The summed E-state index contributed by atoms with van der Waals surface area (Å²) >= 11 is 0. The van der Waals surface area contributed by atoms with Gasteiger partial charge in [-0.05, 0) is 43.7 Å². The molecule has 0 saturated heterocycles. The average Bonchev–Trinajstić information content (AvgIpc) is 2.81. The molecule has 1 fully saturated rings. The van der Waals surface area contributed by atoms with Crippen molar-refractivity contribution in [2.45, 2.75) is 38.3 Å². The van der Waals surface area contributed by atoms with Gasteiger partial charge < -0.3 is 5.32 Å². The lowest BCUT2D eigenvalue weighted by molar-refractivity contribution is 0.0783. The van der Waals surface area contributed by atoms with Gasteiger partial charge in [0.25, 0.3) is 0 Å². The van der Waals surface area contributed by atoms with E-state index in [2.05, 4.69) is 20.3 Å². The van der Waals surface area contributed by atoms with E-state index in [0.29, 0.717) is 29.9 Å². The second kappa shape index (κ2) is 8.70. The molecule has 2 aromatic carbocycles. The highest BCUT2D eigenvalue weighted by molar-refractivity contribution is 5.98. The monoisotopic (exact) mass is 440 g/mol. The molecule has 0 unspecified atom stereocenters. The Bertz CT molecular complexity index is 1320. The summed E-state index contributed by atoms with van der Waals surface area (Å²) in [4.78, 5) is 26.0. The van der Waals surface area contributed by atoms with Crippen LogP contribution in [-0.4, -0.2) is 32.9 Å². The van der Waals surface area contributed by atoms with E-state index >= 15 is 0 Å². The number of aromatic nitrogens is 3. The minimum absolute atomic E-state index is 0.0414. The SMILES string of the molecule is Cc1ccc(C(=O)Cc2cc3cc(-c4cncc(NCC5(F)CCC5)n4)ccc3cn2)cc1. The van der Waals surface area contributed by atoms with Crippen molar-refractivity contribution in [3.63, 3.8) is 0 Å². The van der Waals surface area contributed by atoms with Crippen molar-refractivity contribution in [2.75, 3.05) is 11.9 Å². The second-order valence-corrected chi connectivity index (χ2v) is 8.85. The van der Waals surface area contributed by atoms with E-state index in [1.807, 2.05) is 55.5 Å². The van der Waals surface area contributed by atoms with Crippen LogP contribution in [0.15, 0.2) is 67.1 Å². The lowest BCUT2D eigenvalue weighted by atomic mass is 9.82. The van der Waals surface area contributed by atoms with Gasteiger partial charge in [0, 0.05) is 28.4 Å². The summed E-state index contributed by atoms with van der Waals surface area (Å²) in [6.07, 6.45) is 7.48. The van der Waals surface area contributed by atoms with Gasteiger partial charge in [-0.3, -0.25) is 14.8 Å². The molecule has 0 amide bonds. The molecule has 2 aromatic heterocycles. The van der Waals surface area contributed by atoms with Crippen molar-refractivity contribution in [3.05, 3.63) is 83.9 Å². The van der Waals surface area contributed by atoms with E-state index in [1.165, 1.54) is 0 Å². The summed E-state index contributed by atoms with van der Waals surface area (Å²) in [5.74, 6) is 0.607. The molecular formula is C27H25FN4O. The lowest BCUT2D eigenvalue weighted by Gasteiger charge is -2.33. The minimum atomic E-state index is -1.12. The number of hydrogen-bond donors (Lipinski definition) is 1. The predicted octanol–water partition coefficient (Wildman–Crippen LogP) is 5.73. The molecule has 6 heteroatoms. The fourth-order valence-electron chi connectivity index (χ4n) is 4.02. The third-order valence-corrected chi connectivity index (χ3v) is 6.26. The highest BCUT2D eigenvalue weighted by atomic mass is 19.1. The Hall–Kier alpha value is -3.67. The molecular weight excluding hydrogens is 415 g/mol. The zero-order valence-corrected chi connectivity index (χ0v) is 18.5. The number of nitrogens with one attached hydrogen (secondary N) is 1. The first-order valence-corrected chi connectivity index (χ1v) is 11.2. The molecule has 0 aliphatic heterocycles. The van der Waals surface area contributed by atoms with Gasteiger partial charge in [0.05, 0.1) is 31.1 Å². The standard InChI is InChI=1S/C27H25FN4O/c1-18-3-5-19(6-4-18)25(33)13-23-12-22-11-20(7-8-21(22)14-30-23)24-15-29-16-26(32-24)31-17-27(28)9-2-10-27/h3-8,11-12,14-16H,2,9-10,13,17H2,1H3,(H,31,32). The summed E-state index contributed by atoms with van der Waals surface area (Å²) in [5.41, 5.74) is 3.02. The van der Waals surface area contributed by atoms with Crippen LogP contribution in [0, 0.1) is 6.92 Å². The summed E-state index contributed by atoms with van der Waals surface area (Å²) in [6.45, 7) is 2.26. The first kappa shape index (κ1) is 21.2. The molecule has 4 aromatic rings. The average molecular weight is 441 g/mol. The topological polar surface area (TPSA) is 67.8 Å². The molecule has 1 aliphatic rings. The molecule has 5 nitrogen and oxygen atoms in total. The van der Waals surface area contributed by atoms with E-state index < -0.39 is 5.67 Å². The number of rotatable bonds is 7. The number of anilines is 1. The summed E-state index contributed by atoms with van der Waals surface area (Å²) < 4.78 is 14.3. The van der Waals surface area contributed by atoms with Crippen LogP contribution in [0.4, 0.5) is 10.2 Å². The van der Waals surface area contributed by atoms with Crippen molar-refractivity contribution >= 4 is 22.4 Å². The van der Waals surface area contributed by atoms with Gasteiger partial charge in [-0.1, -0.05) is 42.0 Å². The molecule has 1 N–H and O–H groups in total. The van der Waals surface area contributed by atoms with Crippen LogP contribution >= 0.6 is 0 Å². The third-order valence-electron chi connectivity index (χ3n) is 6.26. The van der Waals surface area contributed by atoms with Crippen molar-refractivity contribution < 1.29 is 9.18 Å². The molecule has 2 heterocycles. The van der Waals surface area contributed by atoms with Crippen LogP contribution in [0.1, 0.15) is 40.9 Å². The zero-order valence-electron chi connectivity index (χ0n) is 18.5. The minimum Gasteiger partial charge on any atom is -0.366 e. The number of ketones is 1. The number of nitrogens with zero attached hydrogens (tertiary/aromatic N) is 3. The van der Waals surface area contributed by atoms with Crippen LogP contribution in [0.3, 0.4) is 0 Å². The first-order valence-electron chi connectivity index (χ1n) is 11.2. The maximum Gasteiger partial charge on any atom is 0.168 e. The quantitative estimate of drug-likeness (QED) is 0.372. The third kappa shape index (κ3) is 4.75. The molecule has 166 valence electrons. The Labute approximate surface area is 192 Å². The van der Waals surface area contributed by atoms with Gasteiger partial charge in [0.15, 0.2) is 5.78 Å². The van der Waals surface area contributed by atoms with Crippen LogP contribution in [0.25, 0.3) is 22.0 Å². The van der Waals surface area contributed by atoms with Crippen molar-refractivity contribution in [1.82, 2.24) is 15.0 Å². The number of benzene rings is 2. The lowest BCUT2D eigenvalue weighted by Crippen LogP contribution is -2.39. The zero-order chi connectivity index (χ0) is 22.8. The summed E-state index contributed by atoms with van der Waals surface area (Å²) in [6, 6.07) is 15.5. The van der Waals surface area contributed by atoms with Crippen molar-refractivity contribution in [3.8, 4) is 11.3 Å². The molecule has 5 rings (SSSR count). The van der Waals surface area contributed by atoms with Gasteiger partial charge in [-0.15, -0.1) is 0 Å². The highest BCUT2D eigenvalue weighted by Crippen LogP contribution is 2.35. The second-order valence-electron chi connectivity index (χ2n) is 8.85. The first-order chi connectivity index (χ1) is 16.0. The van der Waals surface area contributed by atoms with E-state index in [1.54, 1.807) is 18.6 Å². The van der Waals surface area contributed by atoms with E-state index in [9.17, 15) is 9.18 Å². The van der Waals surface area contributed by atoms with E-state index in [-0.39, 0.29) is 18.7 Å². The summed E-state index contributed by atoms with van der Waals surface area (Å²) in [5, 5.41) is 5.05. The van der Waals surface area contributed by atoms with Crippen LogP contribution in [-0.2, 0) is 6.42 Å². The van der Waals surface area contributed by atoms with E-state index in [0.717, 1.165) is 34.0 Å². The fraction of sp³-hybridized carbons (Fsp3) is 0.259. The largest absolute Gasteiger partial charge is 0.366 e. The normalized spacial score (nSPS) is 14.6. The number of Topliss-reactive ketones (excluding diaryl/α,β-unsaturated/α-hetero) is 1. The number of carbonyl (C=O) groups excluding carboxylic acids is 1. The van der Waals surface area contributed by atoms with Crippen LogP contribution in [0.2, 0.25) is 0 Å². The molecule has 0 spiro atoms. The Morgan fingerprint density at radius 2 is 1.85 bits per heavy atom. The smallest absolute Gasteiger partial charge is 0.168 e. The maximum atomic E-state index is 14.3. The van der Waals surface area contributed by atoms with Crippen LogP contribution < -0.4 is 5.32 Å².